The van der Waals surface area contributed by atoms with Gasteiger partial charge in [-0.25, -0.2) is 4.98 Å². The van der Waals surface area contributed by atoms with Gasteiger partial charge in [-0.2, -0.15) is 5.10 Å². The largest absolute Gasteiger partial charge is 0.379 e. The Balaban J connectivity index is 0.00000240. The summed E-state index contributed by atoms with van der Waals surface area (Å²) in [5, 5.41) is 5.04. The van der Waals surface area contributed by atoms with Gasteiger partial charge in [-0.05, 0) is 37.1 Å². The predicted molar refractivity (Wildman–Crippen MR) is 118 cm³/mol. The molecule has 0 bridgehead atoms. The molecule has 0 spiro atoms. The van der Waals surface area contributed by atoms with Gasteiger partial charge in [-0.3, -0.25) is 19.3 Å². The summed E-state index contributed by atoms with van der Waals surface area (Å²) in [6, 6.07) is 6.02. The Morgan fingerprint density at radius 3 is 2.72 bits per heavy atom. The zero-order chi connectivity index (χ0) is 19.7. The van der Waals surface area contributed by atoms with Gasteiger partial charge < -0.3 is 4.74 Å². The van der Waals surface area contributed by atoms with Crippen LogP contribution in [-0.2, 0) is 11.8 Å². The summed E-state index contributed by atoms with van der Waals surface area (Å²) in [6.45, 7) is 8.79. The van der Waals surface area contributed by atoms with Crippen LogP contribution in [0.4, 0.5) is 5.13 Å². The lowest BCUT2D eigenvalue weighted by atomic mass is 10.1. The van der Waals surface area contributed by atoms with Gasteiger partial charge in [0.05, 0.1) is 23.4 Å². The second kappa shape index (κ2) is 9.21. The highest BCUT2D eigenvalue weighted by atomic mass is 35.5. The van der Waals surface area contributed by atoms with Gasteiger partial charge in [0.25, 0.3) is 5.91 Å². The number of carbonyl (C=O) groups is 1. The van der Waals surface area contributed by atoms with Crippen LogP contribution in [0.25, 0.3) is 10.2 Å². The zero-order valence-corrected chi connectivity index (χ0v) is 18.6. The van der Waals surface area contributed by atoms with Crippen molar-refractivity contribution in [3.05, 3.63) is 41.2 Å². The van der Waals surface area contributed by atoms with Gasteiger partial charge in [-0.15, -0.1) is 12.4 Å². The van der Waals surface area contributed by atoms with Crippen molar-refractivity contribution >= 4 is 45.0 Å². The molecule has 0 aliphatic carbocycles. The van der Waals surface area contributed by atoms with Crippen LogP contribution in [0.2, 0.25) is 0 Å². The van der Waals surface area contributed by atoms with Crippen molar-refractivity contribution in [3.8, 4) is 0 Å². The fourth-order valence-electron chi connectivity index (χ4n) is 3.49. The maximum Gasteiger partial charge on any atom is 0.280 e. The molecule has 3 aromatic rings. The molecular weight excluding hydrogens is 410 g/mol. The van der Waals surface area contributed by atoms with Gasteiger partial charge in [0.2, 0.25) is 0 Å². The van der Waals surface area contributed by atoms with E-state index < -0.39 is 0 Å². The van der Waals surface area contributed by atoms with Crippen LogP contribution >= 0.6 is 23.7 Å². The Morgan fingerprint density at radius 2 is 2.03 bits per heavy atom. The molecule has 1 aliphatic heterocycles. The van der Waals surface area contributed by atoms with E-state index in [1.165, 1.54) is 5.56 Å². The van der Waals surface area contributed by atoms with E-state index in [1.807, 2.05) is 7.05 Å². The van der Waals surface area contributed by atoms with Gasteiger partial charge in [0.15, 0.2) is 10.8 Å². The third-order valence-electron chi connectivity index (χ3n) is 4.97. The molecule has 0 N–H and O–H groups in total. The normalized spacial score (nSPS) is 14.7. The van der Waals surface area contributed by atoms with E-state index >= 15 is 0 Å². The van der Waals surface area contributed by atoms with Crippen molar-refractivity contribution in [2.24, 2.45) is 7.05 Å². The van der Waals surface area contributed by atoms with E-state index in [1.54, 1.807) is 33.2 Å². The lowest BCUT2D eigenvalue weighted by molar-refractivity contribution is 0.0391. The van der Waals surface area contributed by atoms with Crippen molar-refractivity contribution in [1.82, 2.24) is 19.7 Å². The van der Waals surface area contributed by atoms with Crippen LogP contribution in [0.15, 0.2) is 24.4 Å². The predicted octanol–water partition coefficient (Wildman–Crippen LogP) is 3.05. The highest BCUT2D eigenvalue weighted by Crippen LogP contribution is 2.32. The molecule has 1 amide bonds. The van der Waals surface area contributed by atoms with Crippen LogP contribution in [0.5, 0.6) is 0 Å². The number of hydrogen-bond acceptors (Lipinski definition) is 6. The molecule has 2 aromatic heterocycles. The zero-order valence-electron chi connectivity index (χ0n) is 16.9. The third-order valence-corrected chi connectivity index (χ3v) is 6.00. The summed E-state index contributed by atoms with van der Waals surface area (Å²) >= 11 is 1.57. The minimum absolute atomic E-state index is 0. The molecule has 1 aromatic carbocycles. The SMILES string of the molecule is Cc1cc(C)c2nc(N(CCN3CCOCC3)C(=O)c3ccn(C)n3)sc2c1.Cl. The van der Waals surface area contributed by atoms with Crippen molar-refractivity contribution in [2.75, 3.05) is 44.3 Å². The average molecular weight is 436 g/mol. The highest BCUT2D eigenvalue weighted by Gasteiger charge is 2.24. The maximum atomic E-state index is 13.2. The summed E-state index contributed by atoms with van der Waals surface area (Å²) in [5.41, 5.74) is 3.75. The summed E-state index contributed by atoms with van der Waals surface area (Å²) in [4.78, 5) is 22.1. The van der Waals surface area contributed by atoms with E-state index in [0.29, 0.717) is 12.2 Å². The number of aromatic nitrogens is 3. The van der Waals surface area contributed by atoms with Gasteiger partial charge in [-0.1, -0.05) is 17.4 Å². The van der Waals surface area contributed by atoms with Crippen LogP contribution in [0, 0.1) is 13.8 Å². The molecule has 4 rings (SSSR count). The Kier molecular flexibility index (Phi) is 6.89. The molecule has 7 nitrogen and oxygen atoms in total. The van der Waals surface area contributed by atoms with Crippen molar-refractivity contribution in [3.63, 3.8) is 0 Å². The molecule has 3 heterocycles. The average Bonchev–Trinajstić information content (AvgIpc) is 3.29. The van der Waals surface area contributed by atoms with Gasteiger partial charge in [0, 0.05) is 39.4 Å². The van der Waals surface area contributed by atoms with Crippen molar-refractivity contribution in [1.29, 1.82) is 0 Å². The smallest absolute Gasteiger partial charge is 0.280 e. The number of aryl methyl sites for hydroxylation is 3. The van der Waals surface area contributed by atoms with Crippen LogP contribution in [0.1, 0.15) is 21.6 Å². The second-order valence-corrected chi connectivity index (χ2v) is 8.22. The monoisotopic (exact) mass is 435 g/mol. The fraction of sp³-hybridized carbons (Fsp3) is 0.450. The Labute approximate surface area is 180 Å². The molecule has 0 radical (unpaired) electrons. The number of benzene rings is 1. The number of thiazole rings is 1. The quantitative estimate of drug-likeness (QED) is 0.616. The van der Waals surface area contributed by atoms with Crippen LogP contribution in [-0.4, -0.2) is 65.0 Å². The van der Waals surface area contributed by atoms with Crippen LogP contribution in [0.3, 0.4) is 0 Å². The first-order valence-electron chi connectivity index (χ1n) is 9.50. The maximum absolute atomic E-state index is 13.2. The Hall–Kier alpha value is -2.00. The lowest BCUT2D eigenvalue weighted by Crippen LogP contribution is -2.43. The Bertz CT molecular complexity index is 996. The first-order valence-corrected chi connectivity index (χ1v) is 10.3. The Morgan fingerprint density at radius 1 is 1.28 bits per heavy atom. The van der Waals surface area contributed by atoms with Gasteiger partial charge in [0.1, 0.15) is 0 Å². The second-order valence-electron chi connectivity index (χ2n) is 7.21. The number of carbonyl (C=O) groups excluding carboxylic acids is 1. The topological polar surface area (TPSA) is 63.5 Å². The molecule has 9 heteroatoms. The molecule has 156 valence electrons. The molecule has 29 heavy (non-hydrogen) atoms. The molecule has 0 atom stereocenters. The number of fused-ring (bicyclic) bond motifs is 1. The molecule has 1 fully saturated rings. The highest BCUT2D eigenvalue weighted by molar-refractivity contribution is 7.22. The first-order chi connectivity index (χ1) is 13.5. The minimum Gasteiger partial charge on any atom is -0.379 e. The summed E-state index contributed by atoms with van der Waals surface area (Å²) in [7, 11) is 1.82. The molecular formula is C20H26ClN5O2S. The molecule has 0 saturated carbocycles. The first kappa shape index (κ1) is 21.7. The molecule has 1 saturated heterocycles. The van der Waals surface area contributed by atoms with Crippen LogP contribution < -0.4 is 4.90 Å². The number of amides is 1. The summed E-state index contributed by atoms with van der Waals surface area (Å²) in [6.07, 6.45) is 1.79. The molecule has 1 aliphatic rings. The fourth-order valence-corrected chi connectivity index (χ4v) is 4.66. The summed E-state index contributed by atoms with van der Waals surface area (Å²) in [5.74, 6) is -0.109. The number of morpholine rings is 1. The number of nitrogens with zero attached hydrogens (tertiary/aromatic N) is 5. The van der Waals surface area contributed by atoms with Crippen molar-refractivity contribution in [2.45, 2.75) is 13.8 Å². The van der Waals surface area contributed by atoms with E-state index in [4.69, 9.17) is 9.72 Å². The number of anilines is 1. The lowest BCUT2D eigenvalue weighted by Gasteiger charge is -2.29. The van der Waals surface area contributed by atoms with E-state index in [-0.39, 0.29) is 18.3 Å². The molecule has 0 unspecified atom stereocenters. The van der Waals surface area contributed by atoms with E-state index in [9.17, 15) is 4.79 Å². The summed E-state index contributed by atoms with van der Waals surface area (Å²) < 4.78 is 8.19. The standard InChI is InChI=1S/C20H25N5O2S.ClH/c1-14-12-15(2)18-17(13-14)28-20(21-18)25(7-6-24-8-10-27-11-9-24)19(26)16-4-5-23(3)22-16;/h4-5,12-13H,6-11H2,1-3H3;1H. The third kappa shape index (κ3) is 4.78. The van der Waals surface area contributed by atoms with E-state index in [0.717, 1.165) is 53.8 Å². The van der Waals surface area contributed by atoms with E-state index in [2.05, 4.69) is 36.0 Å². The number of ether oxygens (including phenoxy) is 1. The number of rotatable bonds is 5. The number of hydrogen-bond donors (Lipinski definition) is 0. The van der Waals surface area contributed by atoms with Crippen molar-refractivity contribution < 1.29 is 9.53 Å². The minimum atomic E-state index is -0.109. The number of halogens is 1. The van der Waals surface area contributed by atoms with Gasteiger partial charge >= 0.3 is 0 Å².